The molecule has 0 saturated heterocycles. The smallest absolute Gasteiger partial charge is 0.269 e. The molecule has 0 aliphatic rings. The summed E-state index contributed by atoms with van der Waals surface area (Å²) in [6, 6.07) is 5.49. The molecular formula is C19H23N3O5S. The van der Waals surface area contributed by atoms with Crippen LogP contribution in [0.15, 0.2) is 21.3 Å². The van der Waals surface area contributed by atoms with Gasteiger partial charge in [-0.25, -0.2) is 0 Å². The summed E-state index contributed by atoms with van der Waals surface area (Å²) in [6.07, 6.45) is 2.19. The fraction of sp³-hybridized carbons (Fsp3) is 0.421. The average molecular weight is 405 g/mol. The van der Waals surface area contributed by atoms with Crippen LogP contribution in [0.3, 0.4) is 0 Å². The molecule has 2 heterocycles. The van der Waals surface area contributed by atoms with Gasteiger partial charge in [-0.05, 0) is 25.5 Å². The van der Waals surface area contributed by atoms with Crippen molar-refractivity contribution in [3.63, 3.8) is 0 Å². The van der Waals surface area contributed by atoms with Gasteiger partial charge in [0.1, 0.15) is 22.3 Å². The number of carbonyl (C=O) groups is 1. The Kier molecular flexibility index (Phi) is 8.19. The van der Waals surface area contributed by atoms with Gasteiger partial charge in [0.05, 0.1) is 11.1 Å². The lowest BCUT2D eigenvalue weighted by Crippen LogP contribution is -2.35. The van der Waals surface area contributed by atoms with E-state index in [1.165, 1.54) is 11.7 Å². The van der Waals surface area contributed by atoms with E-state index in [1.54, 1.807) is 25.3 Å². The second-order valence-electron chi connectivity index (χ2n) is 5.90. The summed E-state index contributed by atoms with van der Waals surface area (Å²) in [6.45, 7) is 3.20. The number of nitrogens with zero attached hydrogens (tertiary/aromatic N) is 2. The van der Waals surface area contributed by atoms with Crippen LogP contribution < -0.4 is 20.1 Å². The molecule has 150 valence electrons. The fourth-order valence-electron chi connectivity index (χ4n) is 2.49. The van der Waals surface area contributed by atoms with Crippen LogP contribution in [0.1, 0.15) is 17.9 Å². The zero-order chi connectivity index (χ0) is 20.5. The number of ether oxygens (including phenoxy) is 2. The van der Waals surface area contributed by atoms with Crippen molar-refractivity contribution in [2.75, 3.05) is 34.0 Å². The van der Waals surface area contributed by atoms with Gasteiger partial charge >= 0.3 is 0 Å². The number of nitrogens with one attached hydrogen (secondary N) is 1. The van der Waals surface area contributed by atoms with Gasteiger partial charge in [-0.2, -0.15) is 5.26 Å². The summed E-state index contributed by atoms with van der Waals surface area (Å²) >= 11 is 1.09. The van der Waals surface area contributed by atoms with Crippen LogP contribution in [0, 0.1) is 18.3 Å². The maximum Gasteiger partial charge on any atom is 0.269 e. The Morgan fingerprint density at radius 2 is 2.11 bits per heavy atom. The van der Waals surface area contributed by atoms with Crippen molar-refractivity contribution in [2.45, 2.75) is 19.9 Å². The lowest BCUT2D eigenvalue weighted by Gasteiger charge is -2.05. The number of carbonyl (C=O) groups excluding carboxylic acids is 1. The van der Waals surface area contributed by atoms with E-state index in [0.29, 0.717) is 41.1 Å². The number of amides is 1. The van der Waals surface area contributed by atoms with Gasteiger partial charge in [0.15, 0.2) is 5.57 Å². The highest BCUT2D eigenvalue weighted by Crippen LogP contribution is 2.06. The number of methoxy groups -OCH3 is 2. The minimum Gasteiger partial charge on any atom is -0.462 e. The zero-order valence-corrected chi connectivity index (χ0v) is 16.9. The van der Waals surface area contributed by atoms with E-state index in [9.17, 15) is 14.9 Å². The van der Waals surface area contributed by atoms with E-state index < -0.39 is 5.91 Å². The number of aryl methyl sites for hydroxylation is 1. The molecule has 8 nitrogen and oxygen atoms in total. The Balaban J connectivity index is 2.58. The van der Waals surface area contributed by atoms with Crippen LogP contribution in [-0.4, -0.2) is 44.5 Å². The van der Waals surface area contributed by atoms with E-state index in [4.69, 9.17) is 13.9 Å². The molecule has 0 unspecified atom stereocenters. The Morgan fingerprint density at radius 1 is 1.36 bits per heavy atom. The number of hydrogen-bond donors (Lipinski definition) is 1. The summed E-state index contributed by atoms with van der Waals surface area (Å²) in [7, 11) is 3.10. The van der Waals surface area contributed by atoms with Gasteiger partial charge in [0.25, 0.3) is 11.5 Å². The minimum atomic E-state index is -0.540. The maximum atomic E-state index is 12.9. The van der Waals surface area contributed by atoms with Crippen molar-refractivity contribution in [2.24, 2.45) is 0 Å². The molecule has 9 heteroatoms. The molecule has 2 aromatic heterocycles. The maximum absolute atomic E-state index is 12.9. The summed E-state index contributed by atoms with van der Waals surface area (Å²) in [4.78, 5) is 25.3. The van der Waals surface area contributed by atoms with Crippen LogP contribution in [0.5, 0.6) is 0 Å². The molecule has 1 amide bonds. The molecule has 1 N–H and O–H groups in total. The molecule has 0 radical (unpaired) electrons. The van der Waals surface area contributed by atoms with E-state index in [-0.39, 0.29) is 17.7 Å². The third-order valence-electron chi connectivity index (χ3n) is 3.82. The third kappa shape index (κ3) is 5.42. The van der Waals surface area contributed by atoms with E-state index in [2.05, 4.69) is 5.32 Å². The Bertz CT molecular complexity index is 1030. The summed E-state index contributed by atoms with van der Waals surface area (Å²) < 4.78 is 17.6. The van der Waals surface area contributed by atoms with Crippen LogP contribution in [0.25, 0.3) is 11.6 Å². The first-order valence-corrected chi connectivity index (χ1v) is 9.51. The van der Waals surface area contributed by atoms with E-state index in [0.717, 1.165) is 17.1 Å². The third-order valence-corrected chi connectivity index (χ3v) is 4.95. The highest BCUT2D eigenvalue weighted by atomic mass is 32.1. The Hall–Kier alpha value is -2.67. The van der Waals surface area contributed by atoms with Crippen LogP contribution in [0.2, 0.25) is 0 Å². The lowest BCUT2D eigenvalue weighted by atomic mass is 10.3. The van der Waals surface area contributed by atoms with Gasteiger partial charge in [-0.1, -0.05) is 0 Å². The summed E-state index contributed by atoms with van der Waals surface area (Å²) in [5.74, 6) is 0.724. The number of thiazole rings is 1. The highest BCUT2D eigenvalue weighted by molar-refractivity contribution is 7.07. The van der Waals surface area contributed by atoms with Crippen LogP contribution in [-0.2, 0) is 20.8 Å². The second-order valence-corrected chi connectivity index (χ2v) is 6.93. The van der Waals surface area contributed by atoms with Gasteiger partial charge in [-0.3, -0.25) is 14.2 Å². The highest BCUT2D eigenvalue weighted by Gasteiger charge is 2.15. The van der Waals surface area contributed by atoms with Crippen LogP contribution in [0.4, 0.5) is 0 Å². The van der Waals surface area contributed by atoms with E-state index in [1.807, 2.05) is 13.0 Å². The Labute approximate surface area is 166 Å². The normalized spacial score (nSPS) is 12.7. The Morgan fingerprint density at radius 3 is 2.71 bits per heavy atom. The predicted molar refractivity (Wildman–Crippen MR) is 105 cm³/mol. The van der Waals surface area contributed by atoms with Gasteiger partial charge in [0, 0.05) is 40.0 Å². The first-order valence-electron chi connectivity index (χ1n) is 8.70. The van der Waals surface area contributed by atoms with Crippen molar-refractivity contribution in [1.82, 2.24) is 9.88 Å². The van der Waals surface area contributed by atoms with Crippen LogP contribution >= 0.6 is 11.3 Å². The SMILES string of the molecule is COCCCn1c(=C(C#N)C(=O)NCCOC)sc(=Cc2ccc(C)o2)c1=O. The molecule has 0 spiro atoms. The molecule has 28 heavy (non-hydrogen) atoms. The van der Waals surface area contributed by atoms with Crippen molar-refractivity contribution in [3.05, 3.63) is 43.2 Å². The average Bonchev–Trinajstić information content (AvgIpc) is 3.21. The fourth-order valence-corrected chi connectivity index (χ4v) is 3.59. The molecule has 0 aliphatic heterocycles. The zero-order valence-electron chi connectivity index (χ0n) is 16.1. The first kappa shape index (κ1) is 21.6. The standard InChI is InChI=1S/C19H23N3O5S/c1-13-5-6-14(27-13)11-16-18(24)22(8-4-9-25-2)19(28-16)15(12-20)17(23)21-7-10-26-3/h5-6,11H,4,7-10H2,1-3H3,(H,21,23). The van der Waals surface area contributed by atoms with Crippen molar-refractivity contribution < 1.29 is 18.7 Å². The molecule has 0 aliphatic carbocycles. The minimum absolute atomic E-state index is 0.106. The summed E-state index contributed by atoms with van der Waals surface area (Å²) in [5.41, 5.74) is -0.381. The van der Waals surface area contributed by atoms with Crippen molar-refractivity contribution in [3.8, 4) is 6.07 Å². The lowest BCUT2D eigenvalue weighted by molar-refractivity contribution is -0.115. The number of hydrogen-bond acceptors (Lipinski definition) is 7. The van der Waals surface area contributed by atoms with Gasteiger partial charge < -0.3 is 19.2 Å². The second kappa shape index (κ2) is 10.6. The van der Waals surface area contributed by atoms with Gasteiger partial charge in [0.2, 0.25) is 0 Å². The monoisotopic (exact) mass is 405 g/mol. The summed E-state index contributed by atoms with van der Waals surface area (Å²) in [5, 5.41) is 12.2. The van der Waals surface area contributed by atoms with Gasteiger partial charge in [-0.15, -0.1) is 11.3 Å². The number of aromatic nitrogens is 1. The number of rotatable bonds is 9. The molecule has 0 bridgehead atoms. The molecule has 2 aromatic rings. The van der Waals surface area contributed by atoms with Crippen molar-refractivity contribution in [1.29, 1.82) is 5.26 Å². The molecule has 0 atom stereocenters. The number of nitriles is 1. The molecule has 2 rings (SSSR count). The van der Waals surface area contributed by atoms with Crippen molar-refractivity contribution >= 4 is 28.9 Å². The molecular weight excluding hydrogens is 382 g/mol. The first-order chi connectivity index (χ1) is 13.5. The van der Waals surface area contributed by atoms with E-state index >= 15 is 0 Å². The topological polar surface area (TPSA) is 106 Å². The molecule has 0 saturated carbocycles. The quantitative estimate of drug-likeness (QED) is 0.594. The largest absolute Gasteiger partial charge is 0.462 e. The molecule has 0 aromatic carbocycles. The number of furan rings is 1. The predicted octanol–water partition coefficient (Wildman–Crippen LogP) is 0.113. The molecule has 0 fully saturated rings.